The normalized spacial score (nSPS) is 16.1. The van der Waals surface area contributed by atoms with E-state index in [0.29, 0.717) is 24.7 Å². The summed E-state index contributed by atoms with van der Waals surface area (Å²) in [5, 5.41) is 3.58. The molecule has 1 aliphatic rings. The monoisotopic (exact) mass is 374 g/mol. The maximum absolute atomic E-state index is 12.8. The van der Waals surface area contributed by atoms with Crippen LogP contribution in [0.15, 0.2) is 42.5 Å². The second-order valence-electron chi connectivity index (χ2n) is 6.19. The number of nitrogens with one attached hydrogen (secondary N) is 1. The van der Waals surface area contributed by atoms with E-state index in [1.54, 1.807) is 14.2 Å². The highest BCUT2D eigenvalue weighted by Crippen LogP contribution is 2.37. The molecule has 0 saturated carbocycles. The summed E-state index contributed by atoms with van der Waals surface area (Å²) in [6.45, 7) is 1.58. The summed E-state index contributed by atoms with van der Waals surface area (Å²) in [5.74, 6) is 0.775. The summed E-state index contributed by atoms with van der Waals surface area (Å²) in [6, 6.07) is 13.4. The van der Waals surface area contributed by atoms with Crippen LogP contribution in [-0.4, -0.2) is 44.8 Å². The Bertz CT molecular complexity index is 781. The maximum atomic E-state index is 12.8. The number of hydrogen-bond donors (Lipinski definition) is 1. The van der Waals surface area contributed by atoms with Gasteiger partial charge in [0.05, 0.1) is 19.8 Å². The minimum Gasteiger partial charge on any atom is -0.497 e. The first-order valence-electron chi connectivity index (χ1n) is 8.59. The predicted octanol–water partition coefficient (Wildman–Crippen LogP) is 3.65. The molecular weight excluding hydrogens is 352 g/mol. The average molecular weight is 375 g/mol. The lowest BCUT2D eigenvalue weighted by molar-refractivity contribution is 0.168. The number of nitrogens with zero attached hydrogens (tertiary/aromatic N) is 1. The van der Waals surface area contributed by atoms with Crippen molar-refractivity contribution >= 4 is 17.6 Å². The van der Waals surface area contributed by atoms with Crippen LogP contribution in [0.3, 0.4) is 0 Å². The number of fused-ring (bicyclic) bond motifs is 1. The molecule has 0 bridgehead atoms. The fraction of sp³-hybridized carbons (Fsp3) is 0.350. The summed E-state index contributed by atoms with van der Waals surface area (Å²) in [7, 11) is 3.26. The zero-order valence-electron chi connectivity index (χ0n) is 15.0. The Morgan fingerprint density at radius 3 is 2.85 bits per heavy atom. The van der Waals surface area contributed by atoms with Gasteiger partial charge in [0, 0.05) is 25.2 Å². The number of ether oxygens (including phenoxy) is 2. The number of urea groups is 1. The summed E-state index contributed by atoms with van der Waals surface area (Å²) < 4.78 is 10.4. The molecule has 1 unspecified atom stereocenters. The molecule has 0 aromatic heterocycles. The number of amides is 2. The van der Waals surface area contributed by atoms with Crippen LogP contribution in [0.25, 0.3) is 0 Å². The molecule has 6 heteroatoms. The minimum atomic E-state index is -0.213. The van der Waals surface area contributed by atoms with Gasteiger partial charge in [0.2, 0.25) is 0 Å². The molecule has 2 aromatic rings. The van der Waals surface area contributed by atoms with Gasteiger partial charge in [-0.2, -0.15) is 0 Å². The highest BCUT2D eigenvalue weighted by atomic mass is 35.5. The number of rotatable bonds is 5. The van der Waals surface area contributed by atoms with E-state index in [-0.39, 0.29) is 12.1 Å². The lowest BCUT2D eigenvalue weighted by atomic mass is 9.88. The average Bonchev–Trinajstić information content (AvgIpc) is 2.66. The third kappa shape index (κ3) is 3.94. The van der Waals surface area contributed by atoms with E-state index >= 15 is 0 Å². The quantitative estimate of drug-likeness (QED) is 0.813. The summed E-state index contributed by atoms with van der Waals surface area (Å²) in [6.07, 6.45) is 0.800. The van der Waals surface area contributed by atoms with Gasteiger partial charge in [-0.3, -0.25) is 0 Å². The van der Waals surface area contributed by atoms with E-state index in [9.17, 15) is 4.79 Å². The summed E-state index contributed by atoms with van der Waals surface area (Å²) in [5.41, 5.74) is 3.27. The van der Waals surface area contributed by atoms with E-state index in [1.165, 1.54) is 5.56 Å². The number of methoxy groups -OCH3 is 2. The molecule has 26 heavy (non-hydrogen) atoms. The van der Waals surface area contributed by atoms with Gasteiger partial charge in [-0.05, 0) is 47.4 Å². The highest BCUT2D eigenvalue weighted by molar-refractivity contribution is 6.30. The molecule has 1 atom stereocenters. The minimum absolute atomic E-state index is 0.111. The van der Waals surface area contributed by atoms with Gasteiger partial charge in [0.25, 0.3) is 0 Å². The van der Waals surface area contributed by atoms with Crippen LogP contribution in [0.5, 0.6) is 5.75 Å². The molecule has 138 valence electrons. The van der Waals surface area contributed by atoms with Crippen molar-refractivity contribution in [2.45, 2.75) is 12.5 Å². The van der Waals surface area contributed by atoms with Gasteiger partial charge in [-0.1, -0.05) is 29.8 Å². The van der Waals surface area contributed by atoms with Crippen molar-refractivity contribution in [2.24, 2.45) is 0 Å². The molecule has 0 saturated heterocycles. The molecule has 2 aromatic carbocycles. The zero-order chi connectivity index (χ0) is 18.5. The van der Waals surface area contributed by atoms with Crippen molar-refractivity contribution < 1.29 is 14.3 Å². The Labute approximate surface area is 158 Å². The smallest absolute Gasteiger partial charge is 0.318 e. The molecule has 0 fully saturated rings. The summed E-state index contributed by atoms with van der Waals surface area (Å²) in [4.78, 5) is 14.7. The molecule has 3 rings (SSSR count). The first-order valence-corrected chi connectivity index (χ1v) is 8.97. The third-order valence-corrected chi connectivity index (χ3v) is 4.82. The Hall–Kier alpha value is -2.24. The van der Waals surface area contributed by atoms with Crippen molar-refractivity contribution in [2.75, 3.05) is 33.9 Å². The van der Waals surface area contributed by atoms with Crippen LogP contribution < -0.4 is 10.1 Å². The number of hydrogen-bond acceptors (Lipinski definition) is 3. The van der Waals surface area contributed by atoms with Crippen LogP contribution in [0.1, 0.15) is 22.7 Å². The fourth-order valence-electron chi connectivity index (χ4n) is 3.34. The van der Waals surface area contributed by atoms with Crippen molar-refractivity contribution in [3.63, 3.8) is 0 Å². The number of carbonyl (C=O) groups is 1. The van der Waals surface area contributed by atoms with E-state index < -0.39 is 0 Å². The lowest BCUT2D eigenvalue weighted by Crippen LogP contribution is -2.46. The van der Waals surface area contributed by atoms with E-state index in [0.717, 1.165) is 23.3 Å². The first-order chi connectivity index (χ1) is 12.6. The van der Waals surface area contributed by atoms with Crippen molar-refractivity contribution in [1.82, 2.24) is 10.2 Å². The topological polar surface area (TPSA) is 50.8 Å². The van der Waals surface area contributed by atoms with Crippen LogP contribution in [0, 0.1) is 0 Å². The Morgan fingerprint density at radius 1 is 1.27 bits per heavy atom. The van der Waals surface area contributed by atoms with E-state index in [2.05, 4.69) is 11.4 Å². The number of halogens is 1. The molecule has 0 radical (unpaired) electrons. The van der Waals surface area contributed by atoms with Crippen LogP contribution >= 0.6 is 11.6 Å². The lowest BCUT2D eigenvalue weighted by Gasteiger charge is -2.38. The van der Waals surface area contributed by atoms with Gasteiger partial charge < -0.3 is 19.7 Å². The molecule has 5 nitrogen and oxygen atoms in total. The van der Waals surface area contributed by atoms with Crippen LogP contribution in [0.2, 0.25) is 5.02 Å². The number of carbonyl (C=O) groups excluding carboxylic acids is 1. The summed E-state index contributed by atoms with van der Waals surface area (Å²) >= 11 is 6.22. The second-order valence-corrected chi connectivity index (χ2v) is 6.63. The fourth-order valence-corrected chi connectivity index (χ4v) is 3.54. The Kier molecular flexibility index (Phi) is 6.01. The standard InChI is InChI=1S/C20H23ClN2O3/c1-25-11-9-22-20(24)23-10-8-14-6-7-17(26-2)13-18(14)19(23)15-4-3-5-16(21)12-15/h3-7,12-13,19H,8-11H2,1-2H3,(H,22,24). The Balaban J connectivity index is 2.00. The first kappa shape index (κ1) is 18.5. The molecule has 0 spiro atoms. The third-order valence-electron chi connectivity index (χ3n) is 4.59. The highest BCUT2D eigenvalue weighted by Gasteiger charge is 2.32. The SMILES string of the molecule is COCCNC(=O)N1CCc2ccc(OC)cc2C1c1cccc(Cl)c1. The number of benzene rings is 2. The molecular formula is C20H23ClN2O3. The zero-order valence-corrected chi connectivity index (χ0v) is 15.8. The predicted molar refractivity (Wildman–Crippen MR) is 102 cm³/mol. The van der Waals surface area contributed by atoms with Crippen molar-refractivity contribution in [1.29, 1.82) is 0 Å². The van der Waals surface area contributed by atoms with Gasteiger partial charge >= 0.3 is 6.03 Å². The molecule has 1 N–H and O–H groups in total. The van der Waals surface area contributed by atoms with Gasteiger partial charge in [-0.15, -0.1) is 0 Å². The van der Waals surface area contributed by atoms with Crippen molar-refractivity contribution in [3.05, 3.63) is 64.2 Å². The molecule has 1 aliphatic heterocycles. The van der Waals surface area contributed by atoms with Gasteiger partial charge in [0.15, 0.2) is 0 Å². The van der Waals surface area contributed by atoms with Crippen LogP contribution in [-0.2, 0) is 11.2 Å². The Morgan fingerprint density at radius 2 is 2.12 bits per heavy atom. The van der Waals surface area contributed by atoms with Gasteiger partial charge in [-0.25, -0.2) is 4.79 Å². The second kappa shape index (κ2) is 8.43. The molecule has 1 heterocycles. The largest absolute Gasteiger partial charge is 0.497 e. The van der Waals surface area contributed by atoms with Crippen LogP contribution in [0.4, 0.5) is 4.79 Å². The van der Waals surface area contributed by atoms with E-state index in [1.807, 2.05) is 41.3 Å². The molecule has 0 aliphatic carbocycles. The van der Waals surface area contributed by atoms with Crippen molar-refractivity contribution in [3.8, 4) is 5.75 Å². The maximum Gasteiger partial charge on any atom is 0.318 e. The van der Waals surface area contributed by atoms with Gasteiger partial charge in [0.1, 0.15) is 5.75 Å². The molecule has 2 amide bonds. The van der Waals surface area contributed by atoms with E-state index in [4.69, 9.17) is 21.1 Å².